The highest BCUT2D eigenvalue weighted by Crippen LogP contribution is 2.19. The van der Waals surface area contributed by atoms with Crippen LogP contribution in [0.5, 0.6) is 0 Å². The Morgan fingerprint density at radius 3 is 2.58 bits per heavy atom. The third-order valence-corrected chi connectivity index (χ3v) is 3.13. The van der Waals surface area contributed by atoms with Crippen LogP contribution in [0, 0.1) is 0 Å². The van der Waals surface area contributed by atoms with E-state index in [-0.39, 0.29) is 5.69 Å². The van der Waals surface area contributed by atoms with Crippen molar-refractivity contribution in [2.75, 3.05) is 18.0 Å². The number of carboxylic acids is 1. The Kier molecular flexibility index (Phi) is 2.86. The number of rotatable bonds is 3. The van der Waals surface area contributed by atoms with Crippen molar-refractivity contribution < 1.29 is 9.90 Å². The topological polar surface area (TPSA) is 84.1 Å². The second-order valence-corrected chi connectivity index (χ2v) is 4.40. The summed E-state index contributed by atoms with van der Waals surface area (Å²) in [7, 11) is 0. The molecule has 0 aromatic carbocycles. The van der Waals surface area contributed by atoms with Crippen molar-refractivity contribution in [1.29, 1.82) is 0 Å². The summed E-state index contributed by atoms with van der Waals surface area (Å²) < 4.78 is 1.59. The summed E-state index contributed by atoms with van der Waals surface area (Å²) >= 11 is 0. The second-order valence-electron chi connectivity index (χ2n) is 4.40. The Morgan fingerprint density at radius 2 is 1.89 bits per heavy atom. The molecule has 0 radical (unpaired) electrons. The average molecular weight is 259 g/mol. The van der Waals surface area contributed by atoms with Gasteiger partial charge >= 0.3 is 5.97 Å². The molecule has 1 aliphatic rings. The molecule has 98 valence electrons. The molecule has 1 saturated heterocycles. The van der Waals surface area contributed by atoms with Crippen LogP contribution in [0.2, 0.25) is 0 Å². The van der Waals surface area contributed by atoms with E-state index in [9.17, 15) is 4.79 Å². The summed E-state index contributed by atoms with van der Waals surface area (Å²) in [6.45, 7) is 2.00. The Balaban J connectivity index is 1.91. The second kappa shape index (κ2) is 4.68. The molecule has 0 amide bonds. The fraction of sp³-hybridized carbons (Fsp3) is 0.333. The number of aromatic nitrogens is 4. The SMILES string of the molecule is O=C(O)c1cn(-c2cc(N3CCCC3)ncn2)cn1. The summed E-state index contributed by atoms with van der Waals surface area (Å²) in [6.07, 6.45) is 6.72. The lowest BCUT2D eigenvalue weighted by Gasteiger charge is -2.16. The van der Waals surface area contributed by atoms with Gasteiger partial charge in [0, 0.05) is 25.4 Å². The molecule has 2 aromatic heterocycles. The number of aromatic carboxylic acids is 1. The van der Waals surface area contributed by atoms with Crippen molar-refractivity contribution in [3.8, 4) is 5.82 Å². The first-order chi connectivity index (χ1) is 9.24. The minimum absolute atomic E-state index is 0.00124. The predicted octanol–water partition coefficient (Wildman–Crippen LogP) is 0.961. The number of imidazole rings is 1. The molecule has 0 spiro atoms. The first-order valence-corrected chi connectivity index (χ1v) is 6.09. The molecule has 1 aliphatic heterocycles. The van der Waals surface area contributed by atoms with Gasteiger partial charge in [0.05, 0.1) is 0 Å². The fourth-order valence-corrected chi connectivity index (χ4v) is 2.16. The molecular weight excluding hydrogens is 246 g/mol. The molecule has 0 bridgehead atoms. The van der Waals surface area contributed by atoms with Gasteiger partial charge in [-0.05, 0) is 12.8 Å². The van der Waals surface area contributed by atoms with Gasteiger partial charge in [0.2, 0.25) is 0 Å². The number of nitrogens with zero attached hydrogens (tertiary/aromatic N) is 5. The highest BCUT2D eigenvalue weighted by molar-refractivity contribution is 5.85. The highest BCUT2D eigenvalue weighted by atomic mass is 16.4. The van der Waals surface area contributed by atoms with E-state index < -0.39 is 5.97 Å². The number of hydrogen-bond donors (Lipinski definition) is 1. The number of hydrogen-bond acceptors (Lipinski definition) is 5. The summed E-state index contributed by atoms with van der Waals surface area (Å²) in [4.78, 5) is 25.2. The molecule has 1 N–H and O–H groups in total. The smallest absolute Gasteiger partial charge is 0.356 e. The molecule has 2 aromatic rings. The van der Waals surface area contributed by atoms with Crippen molar-refractivity contribution in [2.45, 2.75) is 12.8 Å². The van der Waals surface area contributed by atoms with E-state index in [4.69, 9.17) is 5.11 Å². The Bertz CT molecular complexity index is 604. The minimum Gasteiger partial charge on any atom is -0.476 e. The Hall–Kier alpha value is -2.44. The third kappa shape index (κ3) is 2.26. The first kappa shape index (κ1) is 11.6. The van der Waals surface area contributed by atoms with Crippen molar-refractivity contribution in [1.82, 2.24) is 19.5 Å². The molecule has 3 rings (SSSR count). The van der Waals surface area contributed by atoms with Crippen molar-refractivity contribution >= 4 is 11.8 Å². The van der Waals surface area contributed by atoms with Gasteiger partial charge in [-0.3, -0.25) is 4.57 Å². The Labute approximate surface area is 109 Å². The minimum atomic E-state index is -1.05. The Morgan fingerprint density at radius 1 is 1.16 bits per heavy atom. The van der Waals surface area contributed by atoms with Gasteiger partial charge in [0.1, 0.15) is 24.3 Å². The quantitative estimate of drug-likeness (QED) is 0.883. The van der Waals surface area contributed by atoms with Crippen LogP contribution in [0.15, 0.2) is 24.9 Å². The number of carbonyl (C=O) groups is 1. The van der Waals surface area contributed by atoms with Gasteiger partial charge in [0.25, 0.3) is 0 Å². The van der Waals surface area contributed by atoms with E-state index in [1.165, 1.54) is 31.7 Å². The van der Waals surface area contributed by atoms with E-state index in [0.29, 0.717) is 5.82 Å². The number of carboxylic acid groups (broad SMARTS) is 1. The molecule has 19 heavy (non-hydrogen) atoms. The van der Waals surface area contributed by atoms with Gasteiger partial charge < -0.3 is 10.0 Å². The molecule has 7 heteroatoms. The van der Waals surface area contributed by atoms with Crippen LogP contribution in [0.25, 0.3) is 5.82 Å². The molecule has 3 heterocycles. The molecule has 1 fully saturated rings. The van der Waals surface area contributed by atoms with Crippen molar-refractivity contribution in [3.05, 3.63) is 30.6 Å². The molecule has 0 aliphatic carbocycles. The lowest BCUT2D eigenvalue weighted by Crippen LogP contribution is -2.19. The van der Waals surface area contributed by atoms with E-state index in [1.807, 2.05) is 6.07 Å². The van der Waals surface area contributed by atoms with Crippen molar-refractivity contribution in [2.24, 2.45) is 0 Å². The molecule has 0 saturated carbocycles. The van der Waals surface area contributed by atoms with Crippen LogP contribution in [-0.2, 0) is 0 Å². The fourth-order valence-electron chi connectivity index (χ4n) is 2.16. The van der Waals surface area contributed by atoms with Crippen LogP contribution in [0.1, 0.15) is 23.3 Å². The van der Waals surface area contributed by atoms with Gasteiger partial charge in [-0.15, -0.1) is 0 Å². The third-order valence-electron chi connectivity index (χ3n) is 3.13. The normalized spacial score (nSPS) is 14.8. The standard InChI is InChI=1S/C12H13N5O2/c18-12(19)9-6-17(8-15-9)11-5-10(13-7-14-11)16-3-1-2-4-16/h5-8H,1-4H2,(H,18,19). The van der Waals surface area contributed by atoms with Gasteiger partial charge in [-0.25, -0.2) is 19.7 Å². The maximum absolute atomic E-state index is 10.8. The molecule has 7 nitrogen and oxygen atoms in total. The van der Waals surface area contributed by atoms with Crippen LogP contribution in [0.3, 0.4) is 0 Å². The lowest BCUT2D eigenvalue weighted by molar-refractivity contribution is 0.0691. The summed E-state index contributed by atoms with van der Waals surface area (Å²) in [5.41, 5.74) is 0.00124. The largest absolute Gasteiger partial charge is 0.476 e. The zero-order valence-corrected chi connectivity index (χ0v) is 10.2. The van der Waals surface area contributed by atoms with Crippen molar-refractivity contribution in [3.63, 3.8) is 0 Å². The molecular formula is C12H13N5O2. The van der Waals surface area contributed by atoms with Crippen LogP contribution in [-0.4, -0.2) is 43.7 Å². The summed E-state index contributed by atoms with van der Waals surface area (Å²) in [6, 6.07) is 1.85. The molecule has 0 atom stereocenters. The maximum atomic E-state index is 10.8. The van der Waals surface area contributed by atoms with Crippen LogP contribution in [0.4, 0.5) is 5.82 Å². The van der Waals surface area contributed by atoms with E-state index >= 15 is 0 Å². The van der Waals surface area contributed by atoms with E-state index in [0.717, 1.165) is 18.9 Å². The monoisotopic (exact) mass is 259 g/mol. The highest BCUT2D eigenvalue weighted by Gasteiger charge is 2.15. The van der Waals surface area contributed by atoms with Gasteiger partial charge in [-0.1, -0.05) is 0 Å². The summed E-state index contributed by atoms with van der Waals surface area (Å²) in [5.74, 6) is 0.442. The molecule has 0 unspecified atom stereocenters. The van der Waals surface area contributed by atoms with Crippen LogP contribution < -0.4 is 4.90 Å². The lowest BCUT2D eigenvalue weighted by atomic mass is 10.4. The zero-order valence-electron chi connectivity index (χ0n) is 10.2. The van der Waals surface area contributed by atoms with Gasteiger partial charge in [0.15, 0.2) is 5.69 Å². The summed E-state index contributed by atoms with van der Waals surface area (Å²) in [5, 5.41) is 8.86. The maximum Gasteiger partial charge on any atom is 0.356 e. The van der Waals surface area contributed by atoms with Gasteiger partial charge in [-0.2, -0.15) is 0 Å². The van der Waals surface area contributed by atoms with E-state index in [1.54, 1.807) is 4.57 Å². The zero-order chi connectivity index (χ0) is 13.2. The average Bonchev–Trinajstić information content (AvgIpc) is 3.10. The number of anilines is 1. The predicted molar refractivity (Wildman–Crippen MR) is 67.6 cm³/mol. The van der Waals surface area contributed by atoms with Crippen LogP contribution >= 0.6 is 0 Å². The van der Waals surface area contributed by atoms with E-state index in [2.05, 4.69) is 19.9 Å². The first-order valence-electron chi connectivity index (χ1n) is 6.09.